The van der Waals surface area contributed by atoms with Gasteiger partial charge in [0.15, 0.2) is 0 Å². The summed E-state index contributed by atoms with van der Waals surface area (Å²) in [6.07, 6.45) is 0.571. The summed E-state index contributed by atoms with van der Waals surface area (Å²) < 4.78 is 0. The van der Waals surface area contributed by atoms with E-state index in [9.17, 15) is 0 Å². The molecule has 0 aliphatic carbocycles. The van der Waals surface area contributed by atoms with Crippen LogP contribution < -0.4 is 0 Å². The molecule has 0 aliphatic rings. The lowest BCUT2D eigenvalue weighted by Gasteiger charge is -2.07. The first-order chi connectivity index (χ1) is 4.16. The lowest BCUT2D eigenvalue weighted by atomic mass is 10.0. The second-order valence-electron chi connectivity index (χ2n) is 2.65. The molecule has 0 aromatic carbocycles. The Kier molecular flexibility index (Phi) is 4.08. The van der Waals surface area contributed by atoms with E-state index >= 15 is 0 Å². The number of aliphatic hydroxyl groups excluding tert-OH is 1. The molecule has 2 heteroatoms. The zero-order chi connectivity index (χ0) is 7.28. The highest BCUT2D eigenvalue weighted by molar-refractivity contribution is 4.75. The van der Waals surface area contributed by atoms with Crippen molar-refractivity contribution in [3.8, 4) is 6.07 Å². The smallest absolute Gasteiger partial charge is 0.0672 e. The van der Waals surface area contributed by atoms with Gasteiger partial charge in [-0.1, -0.05) is 13.8 Å². The van der Waals surface area contributed by atoms with Gasteiger partial charge in [-0.05, 0) is 12.3 Å². The second-order valence-corrected chi connectivity index (χ2v) is 2.65. The van der Waals surface area contributed by atoms with Gasteiger partial charge >= 0.3 is 0 Å². The van der Waals surface area contributed by atoms with Crippen LogP contribution in [0.2, 0.25) is 0 Å². The quantitative estimate of drug-likeness (QED) is 0.621. The molecule has 0 aromatic heterocycles. The first-order valence-corrected chi connectivity index (χ1v) is 3.21. The van der Waals surface area contributed by atoms with Crippen molar-refractivity contribution in [3.63, 3.8) is 0 Å². The first-order valence-electron chi connectivity index (χ1n) is 3.21. The van der Waals surface area contributed by atoms with Crippen LogP contribution in [0.1, 0.15) is 26.7 Å². The highest BCUT2D eigenvalue weighted by Crippen LogP contribution is 2.05. The van der Waals surface area contributed by atoms with Crippen LogP contribution in [0.15, 0.2) is 0 Å². The maximum Gasteiger partial charge on any atom is 0.0672 e. The van der Waals surface area contributed by atoms with Gasteiger partial charge in [-0.15, -0.1) is 0 Å². The summed E-state index contributed by atoms with van der Waals surface area (Å²) in [5.41, 5.74) is 0. The van der Waals surface area contributed by atoms with E-state index in [1.165, 1.54) is 0 Å². The summed E-state index contributed by atoms with van der Waals surface area (Å²) in [4.78, 5) is 0. The number of nitrogens with zero attached hydrogens (tertiary/aromatic N) is 1. The van der Waals surface area contributed by atoms with Gasteiger partial charge < -0.3 is 5.11 Å². The minimum atomic E-state index is -0.421. The van der Waals surface area contributed by atoms with E-state index < -0.39 is 6.10 Å². The predicted octanol–water partition coefficient (Wildman–Crippen LogP) is 1.31. The van der Waals surface area contributed by atoms with E-state index in [2.05, 4.69) is 0 Å². The summed E-state index contributed by atoms with van der Waals surface area (Å²) in [5, 5.41) is 17.1. The van der Waals surface area contributed by atoms with Crippen molar-refractivity contribution in [2.45, 2.75) is 32.8 Å². The number of rotatable bonds is 3. The minimum Gasteiger partial charge on any atom is -0.392 e. The van der Waals surface area contributed by atoms with Crippen LogP contribution in [-0.4, -0.2) is 11.2 Å². The molecule has 0 spiro atoms. The molecule has 1 unspecified atom stereocenters. The van der Waals surface area contributed by atoms with Crippen LogP contribution in [0.5, 0.6) is 0 Å². The first kappa shape index (κ1) is 8.45. The zero-order valence-electron chi connectivity index (χ0n) is 5.96. The molecule has 0 bridgehead atoms. The Morgan fingerprint density at radius 2 is 2.11 bits per heavy atom. The lowest BCUT2D eigenvalue weighted by molar-refractivity contribution is 0.153. The Balaban J connectivity index is 3.29. The monoisotopic (exact) mass is 127 g/mol. The van der Waals surface area contributed by atoms with E-state index in [-0.39, 0.29) is 6.42 Å². The van der Waals surface area contributed by atoms with Crippen molar-refractivity contribution in [2.24, 2.45) is 5.92 Å². The molecule has 1 N–H and O–H groups in total. The number of hydrogen-bond acceptors (Lipinski definition) is 2. The van der Waals surface area contributed by atoms with E-state index in [1.807, 2.05) is 19.9 Å². The van der Waals surface area contributed by atoms with Crippen LogP contribution in [0, 0.1) is 17.2 Å². The van der Waals surface area contributed by atoms with Gasteiger partial charge in [0, 0.05) is 0 Å². The summed E-state index contributed by atoms with van der Waals surface area (Å²) in [6.45, 7) is 4.06. The Bertz CT molecular complexity index is 104. The van der Waals surface area contributed by atoms with Gasteiger partial charge in [-0.25, -0.2) is 0 Å². The van der Waals surface area contributed by atoms with Crippen LogP contribution in [-0.2, 0) is 0 Å². The summed E-state index contributed by atoms with van der Waals surface area (Å²) in [5.74, 6) is 0.480. The third-order valence-corrected chi connectivity index (χ3v) is 1.07. The van der Waals surface area contributed by atoms with Gasteiger partial charge in [0.1, 0.15) is 0 Å². The molecule has 0 heterocycles. The van der Waals surface area contributed by atoms with Crippen LogP contribution >= 0.6 is 0 Å². The van der Waals surface area contributed by atoms with Crippen molar-refractivity contribution in [1.29, 1.82) is 5.26 Å². The summed E-state index contributed by atoms with van der Waals surface area (Å²) in [7, 11) is 0. The molecule has 0 rings (SSSR count). The van der Waals surface area contributed by atoms with Crippen LogP contribution in [0.4, 0.5) is 0 Å². The Morgan fingerprint density at radius 3 is 2.44 bits per heavy atom. The fraction of sp³-hybridized carbons (Fsp3) is 0.857. The fourth-order valence-electron chi connectivity index (χ4n) is 0.733. The molecule has 0 radical (unpaired) electrons. The second kappa shape index (κ2) is 4.34. The number of hydrogen-bond donors (Lipinski definition) is 1. The predicted molar refractivity (Wildman–Crippen MR) is 35.7 cm³/mol. The SMILES string of the molecule is CC(C)CC(O)CC#N. The summed E-state index contributed by atoms with van der Waals surface area (Å²) >= 11 is 0. The third-order valence-electron chi connectivity index (χ3n) is 1.07. The molecule has 2 nitrogen and oxygen atoms in total. The molecular formula is C7H13NO. The Labute approximate surface area is 56.1 Å². The Morgan fingerprint density at radius 1 is 1.56 bits per heavy atom. The molecule has 0 saturated heterocycles. The molecule has 52 valence electrons. The van der Waals surface area contributed by atoms with Gasteiger partial charge in [0.05, 0.1) is 18.6 Å². The topological polar surface area (TPSA) is 44.0 Å². The number of aliphatic hydroxyl groups is 1. The largest absolute Gasteiger partial charge is 0.392 e. The maximum absolute atomic E-state index is 9.00. The maximum atomic E-state index is 9.00. The van der Waals surface area contributed by atoms with Crippen molar-refractivity contribution in [3.05, 3.63) is 0 Å². The van der Waals surface area contributed by atoms with Crippen molar-refractivity contribution in [1.82, 2.24) is 0 Å². The van der Waals surface area contributed by atoms with E-state index in [0.717, 1.165) is 6.42 Å². The van der Waals surface area contributed by atoms with E-state index in [0.29, 0.717) is 5.92 Å². The molecule has 0 aliphatic heterocycles. The van der Waals surface area contributed by atoms with Gasteiger partial charge in [0.25, 0.3) is 0 Å². The molecule has 0 saturated carbocycles. The third kappa shape index (κ3) is 5.32. The van der Waals surface area contributed by atoms with Crippen molar-refractivity contribution >= 4 is 0 Å². The lowest BCUT2D eigenvalue weighted by Crippen LogP contribution is -2.08. The van der Waals surface area contributed by atoms with E-state index in [1.54, 1.807) is 0 Å². The zero-order valence-corrected chi connectivity index (χ0v) is 5.96. The molecule has 1 atom stereocenters. The van der Waals surface area contributed by atoms with E-state index in [4.69, 9.17) is 10.4 Å². The van der Waals surface area contributed by atoms with Gasteiger partial charge in [0.2, 0.25) is 0 Å². The highest BCUT2D eigenvalue weighted by Gasteiger charge is 2.04. The van der Waals surface area contributed by atoms with Crippen LogP contribution in [0.25, 0.3) is 0 Å². The molecule has 0 aromatic rings. The van der Waals surface area contributed by atoms with Crippen molar-refractivity contribution in [2.75, 3.05) is 0 Å². The molecule has 9 heavy (non-hydrogen) atoms. The van der Waals surface area contributed by atoms with Gasteiger partial charge in [-0.3, -0.25) is 0 Å². The Hall–Kier alpha value is -0.550. The van der Waals surface area contributed by atoms with Crippen LogP contribution in [0.3, 0.4) is 0 Å². The average molecular weight is 127 g/mol. The molecule has 0 amide bonds. The van der Waals surface area contributed by atoms with Crippen molar-refractivity contribution < 1.29 is 5.11 Å². The average Bonchev–Trinajstić information content (AvgIpc) is 1.63. The minimum absolute atomic E-state index is 0.262. The van der Waals surface area contributed by atoms with Gasteiger partial charge in [-0.2, -0.15) is 5.26 Å². The summed E-state index contributed by atoms with van der Waals surface area (Å²) in [6, 6.07) is 1.92. The highest BCUT2D eigenvalue weighted by atomic mass is 16.3. The normalized spacial score (nSPS) is 13.2. The fourth-order valence-corrected chi connectivity index (χ4v) is 0.733. The molecule has 0 fully saturated rings. The number of nitriles is 1. The molecular weight excluding hydrogens is 114 g/mol. The standard InChI is InChI=1S/C7H13NO/c1-6(2)5-7(9)3-4-8/h6-7,9H,3,5H2,1-2H3.